The maximum Gasteiger partial charge on any atom is 0.353 e. The van der Waals surface area contributed by atoms with Gasteiger partial charge in [0.15, 0.2) is 0 Å². The third-order valence-corrected chi connectivity index (χ3v) is 3.98. The van der Waals surface area contributed by atoms with Crippen LogP contribution in [0, 0.1) is 10.1 Å². The van der Waals surface area contributed by atoms with E-state index in [0.29, 0.717) is 12.4 Å². The van der Waals surface area contributed by atoms with Crippen molar-refractivity contribution in [1.82, 2.24) is 9.97 Å². The lowest BCUT2D eigenvalue weighted by Gasteiger charge is -2.13. The summed E-state index contributed by atoms with van der Waals surface area (Å²) in [6, 6.07) is 0.248. The number of hydrogen-bond acceptors (Lipinski definition) is 7. The van der Waals surface area contributed by atoms with Gasteiger partial charge < -0.3 is 10.6 Å². The van der Waals surface area contributed by atoms with Crippen molar-refractivity contribution >= 4 is 29.1 Å². The van der Waals surface area contributed by atoms with Crippen molar-refractivity contribution in [2.75, 3.05) is 28.7 Å². The normalized spacial score (nSPS) is 18.3. The molecule has 2 rings (SSSR count). The second kappa shape index (κ2) is 6.55. The Morgan fingerprint density at radius 1 is 1.53 bits per heavy atom. The molecule has 1 atom stereocenters. The van der Waals surface area contributed by atoms with Crippen molar-refractivity contribution in [2.45, 2.75) is 25.8 Å². The van der Waals surface area contributed by atoms with Crippen molar-refractivity contribution in [3.8, 4) is 0 Å². The van der Waals surface area contributed by atoms with Crippen LogP contribution in [0.15, 0.2) is 6.33 Å². The average Bonchev–Trinajstić information content (AvgIpc) is 2.89. The van der Waals surface area contributed by atoms with E-state index in [1.165, 1.54) is 6.33 Å². The first-order valence-corrected chi connectivity index (χ1v) is 7.45. The number of anilines is 2. The Morgan fingerprint density at radius 3 is 2.95 bits per heavy atom. The van der Waals surface area contributed by atoms with Gasteiger partial charge in [-0.25, -0.2) is 9.97 Å². The van der Waals surface area contributed by atoms with Gasteiger partial charge in [0.2, 0.25) is 11.6 Å². The number of nitro groups is 1. The van der Waals surface area contributed by atoms with Gasteiger partial charge in [-0.15, -0.1) is 0 Å². The molecule has 104 valence electrons. The summed E-state index contributed by atoms with van der Waals surface area (Å²) in [6.07, 6.45) is 3.24. The van der Waals surface area contributed by atoms with Crippen LogP contribution in [0.2, 0.25) is 0 Å². The van der Waals surface area contributed by atoms with Crippen LogP contribution in [0.5, 0.6) is 0 Å². The highest BCUT2D eigenvalue weighted by Crippen LogP contribution is 2.31. The fourth-order valence-corrected chi connectivity index (χ4v) is 3.02. The first-order chi connectivity index (χ1) is 9.22. The van der Waals surface area contributed by atoms with Crippen LogP contribution in [0.25, 0.3) is 0 Å². The quantitative estimate of drug-likeness (QED) is 0.610. The van der Waals surface area contributed by atoms with Gasteiger partial charge in [-0.3, -0.25) is 10.1 Å². The Bertz CT molecular complexity index is 451. The number of nitrogens with zero attached hydrogens (tertiary/aromatic N) is 3. The number of hydrogen-bond donors (Lipinski definition) is 2. The van der Waals surface area contributed by atoms with Crippen molar-refractivity contribution in [2.24, 2.45) is 0 Å². The Hall–Kier alpha value is -1.57. The zero-order valence-electron chi connectivity index (χ0n) is 10.8. The van der Waals surface area contributed by atoms with Gasteiger partial charge in [0, 0.05) is 18.3 Å². The van der Waals surface area contributed by atoms with E-state index in [9.17, 15) is 10.1 Å². The molecule has 0 aromatic carbocycles. The minimum atomic E-state index is -0.428. The first-order valence-electron chi connectivity index (χ1n) is 6.30. The Labute approximate surface area is 115 Å². The van der Waals surface area contributed by atoms with Gasteiger partial charge in [0.05, 0.1) is 4.92 Å². The summed E-state index contributed by atoms with van der Waals surface area (Å²) in [4.78, 5) is 18.8. The van der Waals surface area contributed by atoms with Crippen LogP contribution in [0.4, 0.5) is 17.3 Å². The topological polar surface area (TPSA) is 93.0 Å². The van der Waals surface area contributed by atoms with Crippen molar-refractivity contribution in [3.05, 3.63) is 16.4 Å². The summed E-state index contributed by atoms with van der Waals surface area (Å²) in [5.74, 6) is 2.64. The molecule has 1 aromatic rings. The minimum absolute atomic E-state index is 0.0622. The molecule has 2 N–H and O–H groups in total. The van der Waals surface area contributed by atoms with Gasteiger partial charge in [-0.2, -0.15) is 11.8 Å². The summed E-state index contributed by atoms with van der Waals surface area (Å²) < 4.78 is 0. The number of aromatic nitrogens is 2. The van der Waals surface area contributed by atoms with Gasteiger partial charge in [-0.05, 0) is 18.6 Å². The molecular formula is C11H17N5O2S. The van der Waals surface area contributed by atoms with Gasteiger partial charge in [-0.1, -0.05) is 6.92 Å². The van der Waals surface area contributed by atoms with E-state index in [4.69, 9.17) is 0 Å². The molecule has 7 nitrogen and oxygen atoms in total. The Balaban J connectivity index is 2.22. The number of rotatable bonds is 6. The summed E-state index contributed by atoms with van der Waals surface area (Å²) >= 11 is 1.84. The monoisotopic (exact) mass is 283 g/mol. The van der Waals surface area contributed by atoms with Gasteiger partial charge >= 0.3 is 5.69 Å². The molecule has 19 heavy (non-hydrogen) atoms. The summed E-state index contributed by atoms with van der Waals surface area (Å²) in [7, 11) is 0. The van der Waals surface area contributed by atoms with Crippen molar-refractivity contribution in [1.29, 1.82) is 0 Å². The smallest absolute Gasteiger partial charge is 0.353 e. The molecule has 0 bridgehead atoms. The number of nitrogens with one attached hydrogen (secondary N) is 2. The van der Waals surface area contributed by atoms with E-state index in [-0.39, 0.29) is 17.5 Å². The lowest BCUT2D eigenvalue weighted by Crippen LogP contribution is -2.20. The molecule has 1 saturated heterocycles. The van der Waals surface area contributed by atoms with Crippen molar-refractivity contribution < 1.29 is 4.92 Å². The molecule has 8 heteroatoms. The summed E-state index contributed by atoms with van der Waals surface area (Å²) in [5.41, 5.74) is -0.0622. The van der Waals surface area contributed by atoms with E-state index in [2.05, 4.69) is 20.6 Å². The molecule has 0 saturated carbocycles. The zero-order chi connectivity index (χ0) is 13.7. The molecule has 0 radical (unpaired) electrons. The van der Waals surface area contributed by atoms with Crippen molar-refractivity contribution in [3.63, 3.8) is 0 Å². The highest BCUT2D eigenvalue weighted by atomic mass is 32.2. The van der Waals surface area contributed by atoms with Gasteiger partial charge in [0.25, 0.3) is 0 Å². The Kier molecular flexibility index (Phi) is 4.78. The van der Waals surface area contributed by atoms with E-state index in [1.54, 1.807) is 0 Å². The lowest BCUT2D eigenvalue weighted by molar-refractivity contribution is -0.383. The molecule has 0 spiro atoms. The molecule has 2 heterocycles. The second-order valence-corrected chi connectivity index (χ2v) is 5.46. The zero-order valence-corrected chi connectivity index (χ0v) is 11.6. The highest BCUT2D eigenvalue weighted by molar-refractivity contribution is 7.99. The third kappa shape index (κ3) is 3.46. The van der Waals surface area contributed by atoms with Crippen LogP contribution in [-0.4, -0.2) is 39.0 Å². The van der Waals surface area contributed by atoms with E-state index >= 15 is 0 Å². The van der Waals surface area contributed by atoms with Crippen LogP contribution >= 0.6 is 11.8 Å². The Morgan fingerprint density at radius 2 is 2.32 bits per heavy atom. The minimum Gasteiger partial charge on any atom is -0.364 e. The maximum absolute atomic E-state index is 11.2. The van der Waals surface area contributed by atoms with E-state index < -0.39 is 4.92 Å². The summed E-state index contributed by atoms with van der Waals surface area (Å²) in [5, 5.41) is 17.3. The van der Waals surface area contributed by atoms with Crippen LogP contribution < -0.4 is 10.6 Å². The number of thioether (sulfide) groups is 1. The average molecular weight is 283 g/mol. The third-order valence-electron chi connectivity index (χ3n) is 2.82. The maximum atomic E-state index is 11.2. The van der Waals surface area contributed by atoms with E-state index in [0.717, 1.165) is 24.3 Å². The largest absolute Gasteiger partial charge is 0.364 e. The molecule has 1 unspecified atom stereocenters. The standard InChI is InChI=1S/C11H17N5O2S/c1-2-4-12-10-9(16(17)18)11(14-7-13-10)15-8-3-5-19-6-8/h7-8H,2-6H2,1H3,(H2,12,13,14,15). The second-order valence-electron chi connectivity index (χ2n) is 4.31. The highest BCUT2D eigenvalue weighted by Gasteiger charge is 2.25. The van der Waals surface area contributed by atoms with E-state index in [1.807, 2.05) is 18.7 Å². The SMILES string of the molecule is CCCNc1ncnc(NC2CCSC2)c1[N+](=O)[O-]. The predicted molar refractivity (Wildman–Crippen MR) is 76.8 cm³/mol. The van der Waals surface area contributed by atoms with Crippen LogP contribution in [0.3, 0.4) is 0 Å². The van der Waals surface area contributed by atoms with Crippen LogP contribution in [-0.2, 0) is 0 Å². The molecule has 1 aliphatic heterocycles. The summed E-state index contributed by atoms with van der Waals surface area (Å²) in [6.45, 7) is 2.64. The first kappa shape index (κ1) is 13.9. The molecule has 1 aromatic heterocycles. The molecule has 1 fully saturated rings. The lowest BCUT2D eigenvalue weighted by atomic mass is 10.2. The molecular weight excluding hydrogens is 266 g/mol. The molecule has 0 aliphatic carbocycles. The van der Waals surface area contributed by atoms with Crippen LogP contribution in [0.1, 0.15) is 19.8 Å². The fraction of sp³-hybridized carbons (Fsp3) is 0.636. The fourth-order valence-electron chi connectivity index (χ4n) is 1.87. The molecule has 0 amide bonds. The predicted octanol–water partition coefficient (Wildman–Crippen LogP) is 2.12. The molecule has 1 aliphatic rings. The van der Waals surface area contributed by atoms with Gasteiger partial charge in [0.1, 0.15) is 6.33 Å².